The van der Waals surface area contributed by atoms with Crippen molar-refractivity contribution in [1.29, 1.82) is 5.26 Å². The van der Waals surface area contributed by atoms with E-state index in [0.29, 0.717) is 28.5 Å². The molecule has 4 atom stereocenters. The lowest BCUT2D eigenvalue weighted by Crippen LogP contribution is -2.42. The van der Waals surface area contributed by atoms with Crippen molar-refractivity contribution >= 4 is 21.5 Å². The Bertz CT molecular complexity index is 3150. The smallest absolute Gasteiger partial charge is 0.164 e. The zero-order valence-electron chi connectivity index (χ0n) is 35.8. The molecule has 11 rings (SSSR count). The van der Waals surface area contributed by atoms with Crippen molar-refractivity contribution in [2.45, 2.75) is 51.4 Å². The van der Waals surface area contributed by atoms with Gasteiger partial charge in [0.15, 0.2) is 17.5 Å². The summed E-state index contributed by atoms with van der Waals surface area (Å²) in [5.74, 6) is 4.18. The number of hydrogen-bond acceptors (Lipinski definition) is 4. The maximum absolute atomic E-state index is 9.57. The second-order valence-corrected chi connectivity index (χ2v) is 18.4. The van der Waals surface area contributed by atoms with E-state index in [1.807, 2.05) is 24.3 Å². The van der Waals surface area contributed by atoms with Gasteiger partial charge in [-0.2, -0.15) is 5.26 Å². The van der Waals surface area contributed by atoms with Gasteiger partial charge >= 0.3 is 0 Å². The first-order chi connectivity index (χ1) is 30.9. The van der Waals surface area contributed by atoms with Gasteiger partial charge in [-0.05, 0) is 146 Å². The van der Waals surface area contributed by atoms with Crippen LogP contribution in [0.15, 0.2) is 176 Å². The maximum atomic E-state index is 9.57. The highest BCUT2D eigenvalue weighted by molar-refractivity contribution is 6.21. The number of fused-ring (bicyclic) bond motifs is 4. The molecule has 4 heteroatoms. The van der Waals surface area contributed by atoms with Crippen molar-refractivity contribution < 1.29 is 0 Å². The van der Waals surface area contributed by atoms with Crippen molar-refractivity contribution in [1.82, 2.24) is 15.0 Å². The van der Waals surface area contributed by atoms with Crippen molar-refractivity contribution in [3.8, 4) is 73.6 Å². The summed E-state index contributed by atoms with van der Waals surface area (Å²) in [6, 6.07) is 64.6. The first-order valence-corrected chi connectivity index (χ1v) is 22.5. The van der Waals surface area contributed by atoms with Crippen LogP contribution in [0.1, 0.15) is 57.1 Å². The highest BCUT2D eigenvalue weighted by atomic mass is 15.0. The highest BCUT2D eigenvalue weighted by Gasteiger charge is 2.45. The zero-order chi connectivity index (χ0) is 42.5. The summed E-state index contributed by atoms with van der Waals surface area (Å²) in [5, 5.41) is 14.3. The fourth-order valence-electron chi connectivity index (χ4n) is 11.5. The predicted molar refractivity (Wildman–Crippen MR) is 259 cm³/mol. The molecule has 1 heterocycles. The van der Waals surface area contributed by atoms with E-state index in [0.717, 1.165) is 50.8 Å². The van der Waals surface area contributed by atoms with Crippen LogP contribution in [0.5, 0.6) is 0 Å². The summed E-state index contributed by atoms with van der Waals surface area (Å²) in [6.45, 7) is 4.92. The number of rotatable bonds is 7. The largest absolute Gasteiger partial charge is 0.208 e. The summed E-state index contributed by atoms with van der Waals surface area (Å²) < 4.78 is 0. The predicted octanol–water partition coefficient (Wildman–Crippen LogP) is 15.2. The topological polar surface area (TPSA) is 62.5 Å². The lowest BCUT2D eigenvalue weighted by atomic mass is 9.54. The van der Waals surface area contributed by atoms with Crippen LogP contribution in [-0.2, 0) is 5.41 Å². The number of nitrogens with zero attached hydrogens (tertiary/aromatic N) is 4. The first-order valence-electron chi connectivity index (χ1n) is 22.5. The molecule has 4 nitrogen and oxygen atoms in total. The van der Waals surface area contributed by atoms with Gasteiger partial charge in [0.2, 0.25) is 0 Å². The molecule has 1 unspecified atom stereocenters. The molecule has 0 amide bonds. The van der Waals surface area contributed by atoms with E-state index in [2.05, 4.69) is 172 Å². The Kier molecular flexibility index (Phi) is 9.77. The molecule has 304 valence electrons. The van der Waals surface area contributed by atoms with Gasteiger partial charge in [-0.1, -0.05) is 159 Å². The van der Waals surface area contributed by atoms with Crippen LogP contribution in [-0.4, -0.2) is 15.0 Å². The van der Waals surface area contributed by atoms with E-state index in [-0.39, 0.29) is 0 Å². The first kappa shape index (κ1) is 38.7. The van der Waals surface area contributed by atoms with E-state index in [1.54, 1.807) is 0 Å². The summed E-state index contributed by atoms with van der Waals surface area (Å²) >= 11 is 0. The zero-order valence-corrected chi connectivity index (χ0v) is 35.8. The second kappa shape index (κ2) is 15.9. The van der Waals surface area contributed by atoms with Gasteiger partial charge < -0.3 is 0 Å². The Hall–Kier alpha value is -7.22. The van der Waals surface area contributed by atoms with Gasteiger partial charge in [-0.3, -0.25) is 0 Å². The Balaban J connectivity index is 1.02. The molecule has 0 spiro atoms. The summed E-state index contributed by atoms with van der Waals surface area (Å²) in [5.41, 5.74) is 12.2. The van der Waals surface area contributed by atoms with Gasteiger partial charge in [0.25, 0.3) is 0 Å². The monoisotopic (exact) mass is 812 g/mol. The van der Waals surface area contributed by atoms with Crippen LogP contribution < -0.4 is 0 Å². The minimum Gasteiger partial charge on any atom is -0.208 e. The Labute approximate surface area is 370 Å². The second-order valence-electron chi connectivity index (χ2n) is 18.4. The standard InChI is InChI=1S/C59H48N4/c1-38-31-41-32-39(2)35-59(34-38,36-41)49-28-25-43(26-29-49)42-21-23-47(24-22-42)57-61-56(46-19-17-40(37-60)18-20-46)62-58(63-57)48-27-30-52-53(33-48)55(45-13-7-4-8-14-45)51-16-10-9-15-50(51)54(52)44-11-5-3-6-12-44/h3-30,33,38-39,41H,31-32,34-36H2,1-2H3/t38-,39+,41-,59?. The van der Waals surface area contributed by atoms with E-state index in [1.165, 1.54) is 76.3 Å². The van der Waals surface area contributed by atoms with Crippen LogP contribution in [0, 0.1) is 29.1 Å². The normalized spacial score (nSPS) is 19.5. The number of hydrogen-bond donors (Lipinski definition) is 0. The molecule has 2 saturated carbocycles. The van der Waals surface area contributed by atoms with Gasteiger partial charge in [0, 0.05) is 16.7 Å². The summed E-state index contributed by atoms with van der Waals surface area (Å²) in [6.07, 6.45) is 6.73. The minimum absolute atomic E-state index is 0.317. The molecule has 2 aliphatic carbocycles. The molecule has 0 radical (unpaired) electrons. The van der Waals surface area contributed by atoms with E-state index >= 15 is 0 Å². The average molecular weight is 813 g/mol. The van der Waals surface area contributed by atoms with Crippen LogP contribution in [0.25, 0.3) is 89.1 Å². The number of aromatic nitrogens is 3. The third kappa shape index (κ3) is 7.18. The van der Waals surface area contributed by atoms with Crippen molar-refractivity contribution in [2.24, 2.45) is 17.8 Å². The molecule has 2 aliphatic rings. The Morgan fingerprint density at radius 1 is 0.429 bits per heavy atom. The molecule has 0 aliphatic heterocycles. The van der Waals surface area contributed by atoms with Gasteiger partial charge in [-0.15, -0.1) is 0 Å². The lowest BCUT2D eigenvalue weighted by Gasteiger charge is -2.50. The van der Waals surface area contributed by atoms with Gasteiger partial charge in [-0.25, -0.2) is 15.0 Å². The Morgan fingerprint density at radius 3 is 1.40 bits per heavy atom. The van der Waals surface area contributed by atoms with E-state index in [4.69, 9.17) is 15.0 Å². The van der Waals surface area contributed by atoms with Crippen LogP contribution >= 0.6 is 0 Å². The molecular weight excluding hydrogens is 765 g/mol. The molecule has 0 N–H and O–H groups in total. The lowest BCUT2D eigenvalue weighted by molar-refractivity contribution is 0.0780. The van der Waals surface area contributed by atoms with E-state index in [9.17, 15) is 5.26 Å². The fourth-order valence-corrected chi connectivity index (χ4v) is 11.5. The maximum Gasteiger partial charge on any atom is 0.164 e. The highest BCUT2D eigenvalue weighted by Crippen LogP contribution is 2.54. The van der Waals surface area contributed by atoms with Crippen molar-refractivity contribution in [3.63, 3.8) is 0 Å². The third-order valence-corrected chi connectivity index (χ3v) is 13.9. The minimum atomic E-state index is 0.317. The SMILES string of the molecule is C[C@@H]1C[C@@H]2C[C@H](C)CC(c3ccc(-c4ccc(-c5nc(-c6ccc(C#N)cc6)nc(-c6ccc7c(-c8ccccc8)c8ccccc8c(-c8ccccc8)c7c6)n5)cc4)cc3)(C1)C2. The Morgan fingerprint density at radius 2 is 0.857 bits per heavy atom. The molecule has 1 aromatic heterocycles. The fraction of sp³-hybridized carbons (Fsp3) is 0.186. The molecular formula is C59H48N4. The molecule has 0 saturated heterocycles. The van der Waals surface area contributed by atoms with Crippen LogP contribution in [0.3, 0.4) is 0 Å². The molecule has 8 aromatic carbocycles. The van der Waals surface area contributed by atoms with Gasteiger partial charge in [0.1, 0.15) is 0 Å². The third-order valence-electron chi connectivity index (χ3n) is 13.9. The van der Waals surface area contributed by atoms with E-state index < -0.39 is 0 Å². The molecule has 63 heavy (non-hydrogen) atoms. The van der Waals surface area contributed by atoms with Crippen LogP contribution in [0.2, 0.25) is 0 Å². The van der Waals surface area contributed by atoms with Gasteiger partial charge in [0.05, 0.1) is 11.6 Å². The van der Waals surface area contributed by atoms with Crippen molar-refractivity contribution in [2.75, 3.05) is 0 Å². The number of nitriles is 1. The average Bonchev–Trinajstić information content (AvgIpc) is 3.33. The quantitative estimate of drug-likeness (QED) is 0.150. The molecule has 2 fully saturated rings. The molecule has 2 bridgehead atoms. The van der Waals surface area contributed by atoms with Crippen molar-refractivity contribution in [3.05, 3.63) is 187 Å². The number of benzene rings is 8. The summed E-state index contributed by atoms with van der Waals surface area (Å²) in [7, 11) is 0. The summed E-state index contributed by atoms with van der Waals surface area (Å²) in [4.78, 5) is 15.4. The molecule has 9 aromatic rings. The van der Waals surface area contributed by atoms with Crippen LogP contribution in [0.4, 0.5) is 0 Å².